The van der Waals surface area contributed by atoms with E-state index in [0.29, 0.717) is 13.0 Å². The topological polar surface area (TPSA) is 49.4 Å². The number of benzene rings is 1. The molecule has 4 nitrogen and oxygen atoms in total. The second kappa shape index (κ2) is 9.42. The molecule has 5 heteroatoms. The van der Waals surface area contributed by atoms with Gasteiger partial charge in [-0.3, -0.25) is 9.59 Å². The summed E-state index contributed by atoms with van der Waals surface area (Å²) in [5, 5.41) is 2.76. The van der Waals surface area contributed by atoms with Crippen molar-refractivity contribution in [2.75, 3.05) is 24.2 Å². The van der Waals surface area contributed by atoms with Crippen LogP contribution in [0.3, 0.4) is 0 Å². The van der Waals surface area contributed by atoms with Crippen molar-refractivity contribution in [3.8, 4) is 0 Å². The molecule has 1 aromatic rings. The summed E-state index contributed by atoms with van der Waals surface area (Å²) in [5.41, 5.74) is 0.915. The van der Waals surface area contributed by atoms with Crippen LogP contribution in [-0.2, 0) is 9.59 Å². The summed E-state index contributed by atoms with van der Waals surface area (Å²) < 4.78 is 0. The Morgan fingerprint density at radius 2 is 1.85 bits per heavy atom. The van der Waals surface area contributed by atoms with Gasteiger partial charge < -0.3 is 10.2 Å². The van der Waals surface area contributed by atoms with Gasteiger partial charge in [-0.15, -0.1) is 0 Å². The molecule has 0 spiro atoms. The number of thiol groups is 1. The van der Waals surface area contributed by atoms with Crippen molar-refractivity contribution in [3.05, 3.63) is 30.3 Å². The fraction of sp³-hybridized carbons (Fsp3) is 0.467. The van der Waals surface area contributed by atoms with Crippen LogP contribution in [0.4, 0.5) is 5.69 Å². The van der Waals surface area contributed by atoms with Gasteiger partial charge in [-0.05, 0) is 25.0 Å². The van der Waals surface area contributed by atoms with Gasteiger partial charge in [-0.25, -0.2) is 0 Å². The summed E-state index contributed by atoms with van der Waals surface area (Å²) in [6, 6.07) is 9.61. The SMILES string of the molecule is CN(C(=O)CCCCCNC(=O)CS)c1ccccc1. The third-order valence-electron chi connectivity index (χ3n) is 3.05. The highest BCUT2D eigenvalue weighted by atomic mass is 32.1. The summed E-state index contributed by atoms with van der Waals surface area (Å²) in [7, 11) is 1.80. The number of para-hydroxylation sites is 1. The van der Waals surface area contributed by atoms with Gasteiger partial charge in [0.15, 0.2) is 0 Å². The fourth-order valence-corrected chi connectivity index (χ4v) is 1.94. The van der Waals surface area contributed by atoms with Gasteiger partial charge in [0, 0.05) is 25.7 Å². The molecule has 0 radical (unpaired) electrons. The van der Waals surface area contributed by atoms with Gasteiger partial charge in [0.1, 0.15) is 0 Å². The second-order valence-electron chi connectivity index (χ2n) is 4.61. The number of hydrogen-bond donors (Lipinski definition) is 2. The van der Waals surface area contributed by atoms with Gasteiger partial charge in [-0.2, -0.15) is 12.6 Å². The lowest BCUT2D eigenvalue weighted by molar-refractivity contribution is -0.119. The molecular formula is C15H22N2O2S. The van der Waals surface area contributed by atoms with E-state index >= 15 is 0 Å². The minimum absolute atomic E-state index is 0.0479. The Balaban J connectivity index is 2.16. The third-order valence-corrected chi connectivity index (χ3v) is 3.34. The first-order chi connectivity index (χ1) is 9.65. The number of amides is 2. The molecule has 0 aliphatic carbocycles. The molecule has 0 unspecified atom stereocenters. The van der Waals surface area contributed by atoms with Crippen LogP contribution >= 0.6 is 12.6 Å². The largest absolute Gasteiger partial charge is 0.355 e. The van der Waals surface area contributed by atoms with Crippen LogP contribution < -0.4 is 10.2 Å². The normalized spacial score (nSPS) is 10.1. The highest BCUT2D eigenvalue weighted by Gasteiger charge is 2.09. The minimum atomic E-state index is -0.0479. The summed E-state index contributed by atoms with van der Waals surface area (Å²) in [5.74, 6) is 0.296. The van der Waals surface area contributed by atoms with Crippen LogP contribution in [0.2, 0.25) is 0 Å². The zero-order chi connectivity index (χ0) is 14.8. The lowest BCUT2D eigenvalue weighted by Crippen LogP contribution is -2.26. The van der Waals surface area contributed by atoms with Crippen LogP contribution in [0.15, 0.2) is 30.3 Å². The number of hydrogen-bond acceptors (Lipinski definition) is 3. The molecule has 0 saturated heterocycles. The molecule has 20 heavy (non-hydrogen) atoms. The Bertz CT molecular complexity index is 423. The van der Waals surface area contributed by atoms with E-state index in [1.54, 1.807) is 11.9 Å². The van der Waals surface area contributed by atoms with E-state index < -0.39 is 0 Å². The van der Waals surface area contributed by atoms with Gasteiger partial charge in [0.2, 0.25) is 11.8 Å². The first-order valence-corrected chi connectivity index (χ1v) is 7.47. The van der Waals surface area contributed by atoms with E-state index in [0.717, 1.165) is 24.9 Å². The molecule has 1 aromatic carbocycles. The molecule has 1 N–H and O–H groups in total. The van der Waals surface area contributed by atoms with Crippen LogP contribution in [0, 0.1) is 0 Å². The van der Waals surface area contributed by atoms with Crippen molar-refractivity contribution in [3.63, 3.8) is 0 Å². The molecular weight excluding hydrogens is 272 g/mol. The minimum Gasteiger partial charge on any atom is -0.355 e. The number of unbranched alkanes of at least 4 members (excludes halogenated alkanes) is 2. The molecule has 110 valence electrons. The lowest BCUT2D eigenvalue weighted by atomic mass is 10.1. The molecule has 0 fully saturated rings. The Labute approximate surface area is 126 Å². The number of nitrogens with one attached hydrogen (secondary N) is 1. The quantitative estimate of drug-likeness (QED) is 0.571. The Hall–Kier alpha value is -1.49. The first kappa shape index (κ1) is 16.6. The average molecular weight is 294 g/mol. The fourth-order valence-electron chi connectivity index (χ4n) is 1.83. The number of anilines is 1. The molecule has 0 atom stereocenters. The van der Waals surface area contributed by atoms with E-state index in [1.807, 2.05) is 30.3 Å². The third kappa shape index (κ3) is 6.10. The van der Waals surface area contributed by atoms with E-state index in [1.165, 1.54) is 0 Å². The smallest absolute Gasteiger partial charge is 0.229 e. The number of carbonyl (C=O) groups is 2. The molecule has 0 aliphatic heterocycles. The molecule has 1 rings (SSSR count). The molecule has 2 amide bonds. The predicted molar refractivity (Wildman–Crippen MR) is 85.2 cm³/mol. The van der Waals surface area contributed by atoms with Crippen LogP contribution in [0.5, 0.6) is 0 Å². The molecule has 0 aromatic heterocycles. The van der Waals surface area contributed by atoms with E-state index in [2.05, 4.69) is 17.9 Å². The summed E-state index contributed by atoms with van der Waals surface area (Å²) >= 11 is 3.88. The van der Waals surface area contributed by atoms with Crippen molar-refractivity contribution in [2.24, 2.45) is 0 Å². The summed E-state index contributed by atoms with van der Waals surface area (Å²) in [6.45, 7) is 0.655. The predicted octanol–water partition coefficient (Wildman–Crippen LogP) is 2.26. The number of carbonyl (C=O) groups excluding carboxylic acids is 2. The van der Waals surface area contributed by atoms with Crippen LogP contribution in [-0.4, -0.2) is 31.2 Å². The highest BCUT2D eigenvalue weighted by Crippen LogP contribution is 2.13. The maximum atomic E-state index is 12.0. The number of nitrogens with zero attached hydrogens (tertiary/aromatic N) is 1. The summed E-state index contributed by atoms with van der Waals surface area (Å²) in [4.78, 5) is 24.6. The lowest BCUT2D eigenvalue weighted by Gasteiger charge is -2.17. The van der Waals surface area contributed by atoms with E-state index in [9.17, 15) is 9.59 Å². The zero-order valence-electron chi connectivity index (χ0n) is 11.8. The first-order valence-electron chi connectivity index (χ1n) is 6.84. The monoisotopic (exact) mass is 294 g/mol. The van der Waals surface area contributed by atoms with E-state index in [-0.39, 0.29) is 17.6 Å². The standard InChI is InChI=1S/C15H22N2O2S/c1-17(13-8-4-2-5-9-13)15(19)10-6-3-7-11-16-14(18)12-20/h2,4-5,8-9,20H,3,6-7,10-12H2,1H3,(H,16,18). The summed E-state index contributed by atoms with van der Waals surface area (Å²) in [6.07, 6.45) is 3.20. The maximum Gasteiger partial charge on any atom is 0.229 e. The maximum absolute atomic E-state index is 12.0. The van der Waals surface area contributed by atoms with Crippen molar-refractivity contribution in [1.29, 1.82) is 0 Å². The zero-order valence-corrected chi connectivity index (χ0v) is 12.7. The van der Waals surface area contributed by atoms with Crippen LogP contribution in [0.25, 0.3) is 0 Å². The molecule has 0 bridgehead atoms. The van der Waals surface area contributed by atoms with E-state index in [4.69, 9.17) is 0 Å². The molecule has 0 aliphatic rings. The highest BCUT2D eigenvalue weighted by molar-refractivity contribution is 7.81. The number of rotatable bonds is 8. The van der Waals surface area contributed by atoms with Crippen molar-refractivity contribution in [2.45, 2.75) is 25.7 Å². The van der Waals surface area contributed by atoms with Gasteiger partial charge in [-0.1, -0.05) is 24.6 Å². The Morgan fingerprint density at radius 3 is 2.50 bits per heavy atom. The van der Waals surface area contributed by atoms with Gasteiger partial charge in [0.05, 0.1) is 5.75 Å². The second-order valence-corrected chi connectivity index (χ2v) is 4.92. The average Bonchev–Trinajstić information content (AvgIpc) is 2.50. The van der Waals surface area contributed by atoms with Gasteiger partial charge in [0.25, 0.3) is 0 Å². The van der Waals surface area contributed by atoms with Crippen molar-refractivity contribution < 1.29 is 9.59 Å². The molecule has 0 heterocycles. The van der Waals surface area contributed by atoms with Gasteiger partial charge >= 0.3 is 0 Å². The van der Waals surface area contributed by atoms with Crippen molar-refractivity contribution in [1.82, 2.24) is 5.32 Å². The van der Waals surface area contributed by atoms with Crippen molar-refractivity contribution >= 4 is 30.1 Å². The Morgan fingerprint density at radius 1 is 1.15 bits per heavy atom. The molecule has 0 saturated carbocycles. The van der Waals surface area contributed by atoms with Crippen LogP contribution in [0.1, 0.15) is 25.7 Å². The Kier molecular flexibility index (Phi) is 7.80.